The van der Waals surface area contributed by atoms with Crippen molar-refractivity contribution in [1.82, 2.24) is 0 Å². The number of anilines is 2. The van der Waals surface area contributed by atoms with Crippen LogP contribution in [0.3, 0.4) is 0 Å². The standard InChI is InChI=1S/C19H18FN3/c1-2-13-6-5-7-14(12-13)22-19(21)23-18-11-10-17(20)15-8-3-4-9-16(15)18/h3-12H,2H2,1H3,(H3,21,22,23). The van der Waals surface area contributed by atoms with Gasteiger partial charge in [-0.3, -0.25) is 5.41 Å². The van der Waals surface area contributed by atoms with Gasteiger partial charge in [0, 0.05) is 22.1 Å². The first-order chi connectivity index (χ1) is 11.2. The van der Waals surface area contributed by atoms with Gasteiger partial charge >= 0.3 is 0 Å². The molecule has 0 spiro atoms. The highest BCUT2D eigenvalue weighted by molar-refractivity contribution is 6.07. The van der Waals surface area contributed by atoms with E-state index in [0.29, 0.717) is 11.1 Å². The predicted octanol–water partition coefficient (Wildman–Crippen LogP) is 5.00. The summed E-state index contributed by atoms with van der Waals surface area (Å²) in [5.41, 5.74) is 2.76. The molecule has 0 saturated carbocycles. The fourth-order valence-electron chi connectivity index (χ4n) is 2.55. The van der Waals surface area contributed by atoms with Crippen LogP contribution in [0.5, 0.6) is 0 Å². The van der Waals surface area contributed by atoms with Gasteiger partial charge in [0.1, 0.15) is 5.82 Å². The molecule has 0 saturated heterocycles. The summed E-state index contributed by atoms with van der Waals surface area (Å²) in [7, 11) is 0. The summed E-state index contributed by atoms with van der Waals surface area (Å²) in [6.07, 6.45) is 0.943. The zero-order chi connectivity index (χ0) is 16.2. The lowest BCUT2D eigenvalue weighted by molar-refractivity contribution is 0.640. The lowest BCUT2D eigenvalue weighted by Crippen LogP contribution is -2.20. The van der Waals surface area contributed by atoms with E-state index >= 15 is 0 Å². The van der Waals surface area contributed by atoms with Crippen molar-refractivity contribution in [3.05, 3.63) is 72.0 Å². The molecule has 0 fully saturated rings. The van der Waals surface area contributed by atoms with Gasteiger partial charge in [0.2, 0.25) is 0 Å². The van der Waals surface area contributed by atoms with Gasteiger partial charge in [0.05, 0.1) is 0 Å². The van der Waals surface area contributed by atoms with Crippen LogP contribution in [0.4, 0.5) is 15.8 Å². The van der Waals surface area contributed by atoms with Gasteiger partial charge in [-0.25, -0.2) is 4.39 Å². The first kappa shape index (κ1) is 15.0. The minimum Gasteiger partial charge on any atom is -0.326 e. The minimum atomic E-state index is -0.263. The minimum absolute atomic E-state index is 0.148. The molecule has 0 aliphatic carbocycles. The Morgan fingerprint density at radius 2 is 1.74 bits per heavy atom. The number of halogens is 1. The monoisotopic (exact) mass is 307 g/mol. The first-order valence-corrected chi connectivity index (χ1v) is 7.56. The van der Waals surface area contributed by atoms with Gasteiger partial charge < -0.3 is 10.6 Å². The molecule has 0 heterocycles. The van der Waals surface area contributed by atoms with Crippen LogP contribution in [-0.4, -0.2) is 5.96 Å². The van der Waals surface area contributed by atoms with Crippen molar-refractivity contribution in [2.45, 2.75) is 13.3 Å². The average Bonchev–Trinajstić information content (AvgIpc) is 2.58. The van der Waals surface area contributed by atoms with E-state index in [-0.39, 0.29) is 11.8 Å². The highest BCUT2D eigenvalue weighted by Crippen LogP contribution is 2.25. The van der Waals surface area contributed by atoms with Crippen molar-refractivity contribution in [2.24, 2.45) is 0 Å². The maximum absolute atomic E-state index is 13.8. The molecule has 3 nitrogen and oxygen atoms in total. The number of nitrogens with one attached hydrogen (secondary N) is 3. The Morgan fingerprint density at radius 3 is 2.52 bits per heavy atom. The lowest BCUT2D eigenvalue weighted by atomic mass is 10.1. The molecule has 0 aliphatic heterocycles. The number of aryl methyl sites for hydroxylation is 1. The molecule has 0 radical (unpaired) electrons. The molecular weight excluding hydrogens is 289 g/mol. The Labute approximate surface area is 134 Å². The molecule has 3 rings (SSSR count). The maximum Gasteiger partial charge on any atom is 0.197 e. The van der Waals surface area contributed by atoms with Gasteiger partial charge in [-0.2, -0.15) is 0 Å². The number of hydrogen-bond acceptors (Lipinski definition) is 1. The molecule has 23 heavy (non-hydrogen) atoms. The van der Waals surface area contributed by atoms with Crippen molar-refractivity contribution in [1.29, 1.82) is 5.41 Å². The van der Waals surface area contributed by atoms with E-state index in [4.69, 9.17) is 5.41 Å². The number of guanidine groups is 1. The van der Waals surface area contributed by atoms with E-state index in [1.807, 2.05) is 30.3 Å². The van der Waals surface area contributed by atoms with Crippen LogP contribution < -0.4 is 10.6 Å². The molecule has 0 amide bonds. The van der Waals surface area contributed by atoms with Gasteiger partial charge in [0.15, 0.2) is 5.96 Å². The summed E-state index contributed by atoms with van der Waals surface area (Å²) in [6, 6.07) is 18.2. The Bertz CT molecular complexity index is 858. The molecule has 0 unspecified atom stereocenters. The fourth-order valence-corrected chi connectivity index (χ4v) is 2.55. The summed E-state index contributed by atoms with van der Waals surface area (Å²) in [6.45, 7) is 2.09. The lowest BCUT2D eigenvalue weighted by Gasteiger charge is -2.13. The zero-order valence-electron chi connectivity index (χ0n) is 12.9. The molecule has 0 aromatic heterocycles. The third-order valence-electron chi connectivity index (χ3n) is 3.74. The molecular formula is C19H18FN3. The summed E-state index contributed by atoms with van der Waals surface area (Å²) >= 11 is 0. The molecule has 3 aromatic carbocycles. The number of benzene rings is 3. The third kappa shape index (κ3) is 3.31. The average molecular weight is 307 g/mol. The van der Waals surface area contributed by atoms with Crippen molar-refractivity contribution in [3.8, 4) is 0 Å². The van der Waals surface area contributed by atoms with E-state index in [0.717, 1.165) is 17.5 Å². The topological polar surface area (TPSA) is 47.9 Å². The summed E-state index contributed by atoms with van der Waals surface area (Å²) in [4.78, 5) is 0. The van der Waals surface area contributed by atoms with Gasteiger partial charge in [-0.1, -0.05) is 43.3 Å². The van der Waals surface area contributed by atoms with Crippen molar-refractivity contribution >= 4 is 28.1 Å². The maximum atomic E-state index is 13.8. The summed E-state index contributed by atoms with van der Waals surface area (Å²) < 4.78 is 13.8. The number of hydrogen-bond donors (Lipinski definition) is 3. The molecule has 4 heteroatoms. The summed E-state index contributed by atoms with van der Waals surface area (Å²) in [5.74, 6) is -0.115. The van der Waals surface area contributed by atoms with Crippen LogP contribution in [-0.2, 0) is 6.42 Å². The molecule has 3 aromatic rings. The normalized spacial score (nSPS) is 10.5. The predicted molar refractivity (Wildman–Crippen MR) is 94.7 cm³/mol. The molecule has 0 atom stereocenters. The first-order valence-electron chi connectivity index (χ1n) is 7.56. The Hall–Kier alpha value is -2.88. The second-order valence-corrected chi connectivity index (χ2v) is 5.32. The van der Waals surface area contributed by atoms with Gasteiger partial charge in [0.25, 0.3) is 0 Å². The van der Waals surface area contributed by atoms with Crippen LogP contribution in [0.1, 0.15) is 12.5 Å². The van der Waals surface area contributed by atoms with E-state index in [9.17, 15) is 4.39 Å². The number of fused-ring (bicyclic) bond motifs is 1. The molecule has 0 aliphatic rings. The molecule has 3 N–H and O–H groups in total. The fraction of sp³-hybridized carbons (Fsp3) is 0.105. The Morgan fingerprint density at radius 1 is 0.957 bits per heavy atom. The second-order valence-electron chi connectivity index (χ2n) is 5.32. The van der Waals surface area contributed by atoms with Gasteiger partial charge in [-0.05, 0) is 36.2 Å². The van der Waals surface area contributed by atoms with Crippen molar-refractivity contribution in [2.75, 3.05) is 10.6 Å². The second kappa shape index (κ2) is 6.48. The van der Waals surface area contributed by atoms with E-state index in [1.54, 1.807) is 18.2 Å². The van der Waals surface area contributed by atoms with Gasteiger partial charge in [-0.15, -0.1) is 0 Å². The van der Waals surface area contributed by atoms with Crippen LogP contribution in [0.15, 0.2) is 60.7 Å². The zero-order valence-corrected chi connectivity index (χ0v) is 12.9. The van der Waals surface area contributed by atoms with E-state index in [2.05, 4.69) is 23.6 Å². The number of rotatable bonds is 3. The summed E-state index contributed by atoms with van der Waals surface area (Å²) in [5, 5.41) is 15.4. The highest BCUT2D eigenvalue weighted by Gasteiger charge is 2.07. The van der Waals surface area contributed by atoms with Crippen LogP contribution >= 0.6 is 0 Å². The Kier molecular flexibility index (Phi) is 4.24. The van der Waals surface area contributed by atoms with Crippen LogP contribution in [0.2, 0.25) is 0 Å². The van der Waals surface area contributed by atoms with Crippen LogP contribution in [0.25, 0.3) is 10.8 Å². The molecule has 0 bridgehead atoms. The Balaban J connectivity index is 1.82. The quantitative estimate of drug-likeness (QED) is 0.471. The van der Waals surface area contributed by atoms with E-state index in [1.165, 1.54) is 11.6 Å². The van der Waals surface area contributed by atoms with E-state index < -0.39 is 0 Å². The highest BCUT2D eigenvalue weighted by atomic mass is 19.1. The smallest absolute Gasteiger partial charge is 0.197 e. The van der Waals surface area contributed by atoms with Crippen molar-refractivity contribution < 1.29 is 4.39 Å². The largest absolute Gasteiger partial charge is 0.326 e. The third-order valence-corrected chi connectivity index (χ3v) is 3.74. The van der Waals surface area contributed by atoms with Crippen molar-refractivity contribution in [3.63, 3.8) is 0 Å². The molecule has 116 valence electrons. The van der Waals surface area contributed by atoms with Crippen LogP contribution in [0, 0.1) is 11.2 Å². The SMILES string of the molecule is CCc1cccc(NC(=N)Nc2ccc(F)c3ccccc23)c1.